The molecule has 3 rings (SSSR count). The number of aryl methyl sites for hydroxylation is 1. The zero-order valence-corrected chi connectivity index (χ0v) is 13.5. The smallest absolute Gasteiger partial charge is 0.276 e. The van der Waals surface area contributed by atoms with Crippen molar-refractivity contribution in [3.05, 3.63) is 30.9 Å². The zero-order valence-electron chi connectivity index (χ0n) is 12.7. The summed E-state index contributed by atoms with van der Waals surface area (Å²) in [4.78, 5) is 3.89. The van der Waals surface area contributed by atoms with Crippen LogP contribution < -0.4 is 9.47 Å². The second kappa shape index (κ2) is 7.14. The van der Waals surface area contributed by atoms with Gasteiger partial charge in [-0.1, -0.05) is 11.8 Å². The lowest BCUT2D eigenvalue weighted by molar-refractivity contribution is 0.394. The summed E-state index contributed by atoms with van der Waals surface area (Å²) in [7, 11) is 3.19. The second-order valence-electron chi connectivity index (χ2n) is 4.48. The first-order valence-electron chi connectivity index (χ1n) is 6.80. The molecule has 0 aliphatic rings. The molecule has 2 heterocycles. The Morgan fingerprint density at radius 2 is 1.91 bits per heavy atom. The number of thioether (sulfide) groups is 1. The lowest BCUT2D eigenvalue weighted by Crippen LogP contribution is -2.00. The van der Waals surface area contributed by atoms with Crippen LogP contribution in [0.2, 0.25) is 0 Å². The van der Waals surface area contributed by atoms with Crippen LogP contribution in [0.4, 0.5) is 0 Å². The highest BCUT2D eigenvalue weighted by Crippen LogP contribution is 2.30. The van der Waals surface area contributed by atoms with E-state index in [2.05, 4.69) is 20.3 Å². The Kier molecular flexibility index (Phi) is 4.77. The minimum absolute atomic E-state index is 0.422. The molecule has 0 unspecified atom stereocenters. The van der Waals surface area contributed by atoms with Crippen LogP contribution in [0.3, 0.4) is 0 Å². The van der Waals surface area contributed by atoms with Gasteiger partial charge < -0.3 is 13.9 Å². The molecule has 23 heavy (non-hydrogen) atoms. The number of methoxy groups -OCH3 is 2. The van der Waals surface area contributed by atoms with Crippen molar-refractivity contribution in [3.63, 3.8) is 0 Å². The maximum absolute atomic E-state index is 5.67. The fourth-order valence-electron chi connectivity index (χ4n) is 1.89. The van der Waals surface area contributed by atoms with Crippen molar-refractivity contribution in [3.8, 4) is 23.0 Å². The van der Waals surface area contributed by atoms with Crippen LogP contribution in [0.1, 0.15) is 0 Å². The van der Waals surface area contributed by atoms with Crippen molar-refractivity contribution in [2.45, 2.75) is 11.8 Å². The van der Waals surface area contributed by atoms with Gasteiger partial charge in [0, 0.05) is 17.4 Å². The summed E-state index contributed by atoms with van der Waals surface area (Å²) in [6.07, 6.45) is 3.17. The molecule has 3 aromatic rings. The third-order valence-corrected chi connectivity index (χ3v) is 3.82. The number of hydrogen-bond acceptors (Lipinski definition) is 8. The van der Waals surface area contributed by atoms with E-state index < -0.39 is 0 Å². The Bertz CT molecular complexity index is 737. The summed E-state index contributed by atoms with van der Waals surface area (Å²) >= 11 is 1.46. The van der Waals surface area contributed by atoms with E-state index in [4.69, 9.17) is 13.9 Å². The molecule has 0 atom stereocenters. The Labute approximate surface area is 136 Å². The molecule has 0 radical (unpaired) electrons. The van der Waals surface area contributed by atoms with Gasteiger partial charge >= 0.3 is 0 Å². The second-order valence-corrected chi connectivity index (χ2v) is 5.53. The van der Waals surface area contributed by atoms with E-state index in [9.17, 15) is 0 Å². The zero-order chi connectivity index (χ0) is 16.1. The number of benzene rings is 1. The number of rotatable bonds is 7. The topological polar surface area (TPSA) is 88.1 Å². The Balaban J connectivity index is 1.68. The van der Waals surface area contributed by atoms with Crippen LogP contribution in [0, 0.1) is 0 Å². The van der Waals surface area contributed by atoms with E-state index in [0.29, 0.717) is 22.6 Å². The third-order valence-electron chi connectivity index (χ3n) is 3.02. The van der Waals surface area contributed by atoms with Crippen molar-refractivity contribution in [1.29, 1.82) is 0 Å². The summed E-state index contributed by atoms with van der Waals surface area (Å²) in [5, 5.41) is 12.6. The first kappa shape index (κ1) is 15.3. The molecule has 0 amide bonds. The Morgan fingerprint density at radius 1 is 1.13 bits per heavy atom. The monoisotopic (exact) mass is 333 g/mol. The fraction of sp³-hybridized carbons (Fsp3) is 0.286. The first-order valence-corrected chi connectivity index (χ1v) is 7.79. The minimum Gasteiger partial charge on any atom is -0.497 e. The van der Waals surface area contributed by atoms with Crippen molar-refractivity contribution in [1.82, 2.24) is 25.0 Å². The summed E-state index contributed by atoms with van der Waals surface area (Å²) in [5.74, 6) is 2.51. The average molecular weight is 333 g/mol. The maximum Gasteiger partial charge on any atom is 0.276 e. The number of hydrogen-bond donors (Lipinski definition) is 0. The molecular formula is C14H15N5O3S. The summed E-state index contributed by atoms with van der Waals surface area (Å²) in [5.41, 5.74) is 0.747. The molecule has 0 aliphatic heterocycles. The SMILES string of the molecule is COc1cc(OC)cc(-c2nnc(SCCn3cncn3)o2)c1. The van der Waals surface area contributed by atoms with Crippen molar-refractivity contribution in [2.24, 2.45) is 0 Å². The molecule has 0 N–H and O–H groups in total. The maximum atomic E-state index is 5.67. The molecule has 0 fully saturated rings. The van der Waals surface area contributed by atoms with E-state index in [1.807, 2.05) is 12.1 Å². The Hall–Kier alpha value is -2.55. The molecule has 9 heteroatoms. The van der Waals surface area contributed by atoms with Gasteiger partial charge in [0.05, 0.1) is 20.8 Å². The lowest BCUT2D eigenvalue weighted by Gasteiger charge is -2.05. The van der Waals surface area contributed by atoms with E-state index in [-0.39, 0.29) is 0 Å². The molecule has 8 nitrogen and oxygen atoms in total. The molecule has 0 bridgehead atoms. The molecular weight excluding hydrogens is 318 g/mol. The predicted octanol–water partition coefficient (Wildman–Crippen LogP) is 2.14. The van der Waals surface area contributed by atoms with Crippen LogP contribution >= 0.6 is 11.8 Å². The molecule has 0 saturated heterocycles. The molecule has 0 saturated carbocycles. The van der Waals surface area contributed by atoms with E-state index in [1.165, 1.54) is 18.1 Å². The van der Waals surface area contributed by atoms with E-state index >= 15 is 0 Å². The predicted molar refractivity (Wildman–Crippen MR) is 83.6 cm³/mol. The van der Waals surface area contributed by atoms with Crippen molar-refractivity contribution < 1.29 is 13.9 Å². The van der Waals surface area contributed by atoms with Gasteiger partial charge in [-0.25, -0.2) is 4.98 Å². The van der Waals surface area contributed by atoms with E-state index in [0.717, 1.165) is 17.9 Å². The lowest BCUT2D eigenvalue weighted by atomic mass is 10.2. The highest BCUT2D eigenvalue weighted by molar-refractivity contribution is 7.99. The van der Waals surface area contributed by atoms with Gasteiger partial charge in [-0.2, -0.15) is 5.10 Å². The summed E-state index contributed by atoms with van der Waals surface area (Å²) in [6, 6.07) is 5.42. The van der Waals surface area contributed by atoms with Crippen molar-refractivity contribution >= 4 is 11.8 Å². The van der Waals surface area contributed by atoms with Crippen LogP contribution in [0.5, 0.6) is 11.5 Å². The molecule has 2 aromatic heterocycles. The third kappa shape index (κ3) is 3.81. The van der Waals surface area contributed by atoms with Gasteiger partial charge in [0.25, 0.3) is 5.22 Å². The molecule has 1 aromatic carbocycles. The van der Waals surface area contributed by atoms with Gasteiger partial charge in [-0.05, 0) is 12.1 Å². The highest BCUT2D eigenvalue weighted by atomic mass is 32.2. The van der Waals surface area contributed by atoms with Gasteiger partial charge in [0.2, 0.25) is 5.89 Å². The normalized spacial score (nSPS) is 10.7. The van der Waals surface area contributed by atoms with Gasteiger partial charge in [0.1, 0.15) is 24.2 Å². The van der Waals surface area contributed by atoms with Crippen LogP contribution in [-0.4, -0.2) is 44.9 Å². The molecule has 0 aliphatic carbocycles. The van der Waals surface area contributed by atoms with Gasteiger partial charge in [-0.15, -0.1) is 10.2 Å². The van der Waals surface area contributed by atoms with Crippen LogP contribution in [0.25, 0.3) is 11.5 Å². The number of ether oxygens (including phenoxy) is 2. The van der Waals surface area contributed by atoms with Gasteiger partial charge in [-0.3, -0.25) is 4.68 Å². The van der Waals surface area contributed by atoms with Crippen molar-refractivity contribution in [2.75, 3.05) is 20.0 Å². The summed E-state index contributed by atoms with van der Waals surface area (Å²) < 4.78 is 17.9. The van der Waals surface area contributed by atoms with Crippen LogP contribution in [0.15, 0.2) is 40.5 Å². The Morgan fingerprint density at radius 3 is 2.57 bits per heavy atom. The highest BCUT2D eigenvalue weighted by Gasteiger charge is 2.12. The fourth-order valence-corrected chi connectivity index (χ4v) is 2.58. The largest absolute Gasteiger partial charge is 0.497 e. The standard InChI is InChI=1S/C14H15N5O3S/c1-20-11-5-10(6-12(7-11)21-2)13-17-18-14(22-13)23-4-3-19-9-15-8-16-19/h5-9H,3-4H2,1-2H3. The average Bonchev–Trinajstić information content (AvgIpc) is 3.26. The van der Waals surface area contributed by atoms with Gasteiger partial charge in [0.15, 0.2) is 0 Å². The molecule has 120 valence electrons. The quantitative estimate of drug-likeness (QED) is 0.608. The minimum atomic E-state index is 0.422. The van der Waals surface area contributed by atoms with Crippen LogP contribution in [-0.2, 0) is 6.54 Å². The number of nitrogens with zero attached hydrogens (tertiary/aromatic N) is 5. The first-order chi connectivity index (χ1) is 11.3. The molecule has 0 spiro atoms. The summed E-state index contributed by atoms with van der Waals surface area (Å²) in [6.45, 7) is 0.718. The number of aromatic nitrogens is 5. The van der Waals surface area contributed by atoms with E-state index in [1.54, 1.807) is 31.3 Å².